The molecule has 9 heteroatoms. The van der Waals surface area contributed by atoms with E-state index in [4.69, 9.17) is 0 Å². The van der Waals surface area contributed by atoms with Crippen LogP contribution in [0.3, 0.4) is 0 Å². The minimum Gasteiger partial charge on any atom is -0.325 e. The Bertz CT molecular complexity index is 1370. The van der Waals surface area contributed by atoms with Crippen LogP contribution >= 0.6 is 0 Å². The molecule has 0 N–H and O–H groups in total. The Kier molecular flexibility index (Phi) is 4.41. The summed E-state index contributed by atoms with van der Waals surface area (Å²) in [5.74, 6) is 0.621. The normalized spacial score (nSPS) is 17.5. The number of alkyl halides is 3. The van der Waals surface area contributed by atoms with Gasteiger partial charge in [-0.05, 0) is 73.9 Å². The largest absolute Gasteiger partial charge is 0.394 e. The molecule has 3 heterocycles. The summed E-state index contributed by atoms with van der Waals surface area (Å²) < 4.78 is 56.2. The van der Waals surface area contributed by atoms with Crippen molar-refractivity contribution >= 4 is 28.2 Å². The van der Waals surface area contributed by atoms with Crippen LogP contribution < -0.4 is 4.90 Å². The monoisotopic (exact) mass is 455 g/mol. The summed E-state index contributed by atoms with van der Waals surface area (Å²) in [6.45, 7) is 0.672. The van der Waals surface area contributed by atoms with Gasteiger partial charge in [0.1, 0.15) is 18.0 Å². The van der Waals surface area contributed by atoms with Crippen molar-refractivity contribution in [1.82, 2.24) is 19.6 Å². The van der Waals surface area contributed by atoms with Crippen LogP contribution in [0, 0.1) is 11.2 Å². The van der Waals surface area contributed by atoms with Crippen molar-refractivity contribution in [2.45, 2.75) is 44.7 Å². The Balaban J connectivity index is 1.43. The van der Waals surface area contributed by atoms with Crippen LogP contribution in [-0.2, 0) is 12.8 Å². The number of hydrogen-bond acceptors (Lipinski definition) is 4. The Hall–Kier alpha value is -3.23. The van der Waals surface area contributed by atoms with Crippen LogP contribution in [0.15, 0.2) is 42.7 Å². The fourth-order valence-electron chi connectivity index (χ4n) is 5.08. The standard InChI is InChI=1S/C24H21F4N5/c25-16-6-7-20-18(13-16)21(30-22-31-29-14-33(20)22)32-12-2-4-17-15(3-1-5-19(17)32)8-9-23(10-11-23)24(26,27)28/h1,3,5-7,13-14H,2,4,8-12H2. The lowest BCUT2D eigenvalue weighted by molar-refractivity contribution is -0.188. The first-order valence-electron chi connectivity index (χ1n) is 11.1. The van der Waals surface area contributed by atoms with Crippen LogP contribution in [0.2, 0.25) is 0 Å². The first-order chi connectivity index (χ1) is 15.9. The number of aryl methyl sites for hydroxylation is 1. The van der Waals surface area contributed by atoms with E-state index < -0.39 is 11.6 Å². The first-order valence-corrected chi connectivity index (χ1v) is 11.1. The topological polar surface area (TPSA) is 46.3 Å². The summed E-state index contributed by atoms with van der Waals surface area (Å²) >= 11 is 0. The van der Waals surface area contributed by atoms with Crippen molar-refractivity contribution < 1.29 is 17.6 Å². The first kappa shape index (κ1) is 20.4. The maximum Gasteiger partial charge on any atom is 0.394 e. The second kappa shape index (κ2) is 7.13. The molecule has 2 aromatic carbocycles. The molecule has 2 aliphatic rings. The van der Waals surface area contributed by atoms with Gasteiger partial charge in [0.15, 0.2) is 0 Å². The Morgan fingerprint density at radius 3 is 2.73 bits per heavy atom. The summed E-state index contributed by atoms with van der Waals surface area (Å²) in [4.78, 5) is 6.72. The summed E-state index contributed by atoms with van der Waals surface area (Å²) in [5, 5.41) is 8.65. The number of anilines is 2. The van der Waals surface area contributed by atoms with Gasteiger partial charge in [-0.2, -0.15) is 18.2 Å². The van der Waals surface area contributed by atoms with Crippen LogP contribution in [0.25, 0.3) is 16.7 Å². The highest BCUT2D eigenvalue weighted by Crippen LogP contribution is 2.60. The van der Waals surface area contributed by atoms with Gasteiger partial charge < -0.3 is 4.90 Å². The lowest BCUT2D eigenvalue weighted by Gasteiger charge is -2.33. The van der Waals surface area contributed by atoms with Gasteiger partial charge in [-0.1, -0.05) is 12.1 Å². The molecule has 1 fully saturated rings. The molecule has 4 aromatic rings. The molecule has 33 heavy (non-hydrogen) atoms. The van der Waals surface area contributed by atoms with Crippen LogP contribution in [0.4, 0.5) is 29.1 Å². The number of benzene rings is 2. The molecule has 0 saturated heterocycles. The zero-order valence-electron chi connectivity index (χ0n) is 17.7. The van der Waals surface area contributed by atoms with Crippen molar-refractivity contribution in [2.75, 3.05) is 11.4 Å². The van der Waals surface area contributed by atoms with Crippen LogP contribution in [0.1, 0.15) is 36.8 Å². The third-order valence-electron chi connectivity index (χ3n) is 7.13. The molecule has 0 unspecified atom stereocenters. The van der Waals surface area contributed by atoms with Gasteiger partial charge in [-0.15, -0.1) is 10.2 Å². The number of fused-ring (bicyclic) bond motifs is 4. The van der Waals surface area contributed by atoms with Gasteiger partial charge in [0.2, 0.25) is 0 Å². The molecule has 6 rings (SSSR count). The molecule has 1 aliphatic carbocycles. The van der Waals surface area contributed by atoms with Gasteiger partial charge in [0.05, 0.1) is 10.9 Å². The maximum absolute atomic E-state index is 14.2. The van der Waals surface area contributed by atoms with Gasteiger partial charge >= 0.3 is 6.18 Å². The van der Waals surface area contributed by atoms with Crippen molar-refractivity contribution in [2.24, 2.45) is 5.41 Å². The van der Waals surface area contributed by atoms with Gasteiger partial charge in [0.25, 0.3) is 5.78 Å². The lowest BCUT2D eigenvalue weighted by atomic mass is 9.90. The molecular formula is C24H21F4N5. The second-order valence-corrected chi connectivity index (χ2v) is 9.05. The van der Waals surface area contributed by atoms with Crippen molar-refractivity contribution in [3.63, 3.8) is 0 Å². The Morgan fingerprint density at radius 2 is 1.94 bits per heavy atom. The van der Waals surface area contributed by atoms with E-state index in [-0.39, 0.29) is 25.1 Å². The van der Waals surface area contributed by atoms with Crippen LogP contribution in [0.5, 0.6) is 0 Å². The van der Waals surface area contributed by atoms with Gasteiger partial charge in [-0.3, -0.25) is 4.40 Å². The molecule has 2 aromatic heterocycles. The molecule has 0 spiro atoms. The summed E-state index contributed by atoms with van der Waals surface area (Å²) in [7, 11) is 0. The number of rotatable bonds is 4. The van der Waals surface area contributed by atoms with E-state index in [9.17, 15) is 17.6 Å². The Labute approximate surface area is 187 Å². The van der Waals surface area contributed by atoms with Crippen molar-refractivity contribution in [3.05, 3.63) is 59.7 Å². The van der Waals surface area contributed by atoms with E-state index in [2.05, 4.69) is 15.2 Å². The molecule has 170 valence electrons. The molecule has 0 amide bonds. The summed E-state index contributed by atoms with van der Waals surface area (Å²) in [6, 6.07) is 10.3. The average molecular weight is 455 g/mol. The number of hydrogen-bond donors (Lipinski definition) is 0. The second-order valence-electron chi connectivity index (χ2n) is 9.05. The van der Waals surface area contributed by atoms with Crippen molar-refractivity contribution in [1.29, 1.82) is 0 Å². The molecule has 1 aliphatic heterocycles. The molecular weight excluding hydrogens is 434 g/mol. The number of nitrogens with zero attached hydrogens (tertiary/aromatic N) is 5. The zero-order chi connectivity index (χ0) is 22.8. The minimum atomic E-state index is -4.14. The lowest BCUT2D eigenvalue weighted by Crippen LogP contribution is -2.27. The maximum atomic E-state index is 14.2. The molecule has 0 bridgehead atoms. The highest BCUT2D eigenvalue weighted by molar-refractivity contribution is 5.94. The van der Waals surface area contributed by atoms with E-state index in [1.54, 1.807) is 16.8 Å². The van der Waals surface area contributed by atoms with E-state index in [0.29, 0.717) is 29.9 Å². The molecule has 0 atom stereocenters. The van der Waals surface area contributed by atoms with Crippen molar-refractivity contribution in [3.8, 4) is 0 Å². The molecule has 5 nitrogen and oxygen atoms in total. The van der Waals surface area contributed by atoms with Crippen LogP contribution in [-0.4, -0.2) is 32.3 Å². The predicted molar refractivity (Wildman–Crippen MR) is 116 cm³/mol. The predicted octanol–water partition coefficient (Wildman–Crippen LogP) is 5.78. The summed E-state index contributed by atoms with van der Waals surface area (Å²) in [5.41, 5.74) is 2.14. The third-order valence-corrected chi connectivity index (χ3v) is 7.13. The van der Waals surface area contributed by atoms with Gasteiger partial charge in [-0.25, -0.2) is 4.39 Å². The summed E-state index contributed by atoms with van der Waals surface area (Å²) in [6.07, 6.45) is -0.0365. The smallest absolute Gasteiger partial charge is 0.325 e. The minimum absolute atomic E-state index is 0.116. The van der Waals surface area contributed by atoms with E-state index in [0.717, 1.165) is 35.2 Å². The molecule has 0 radical (unpaired) electrons. The quantitative estimate of drug-likeness (QED) is 0.366. The highest BCUT2D eigenvalue weighted by atomic mass is 19.4. The molecule has 1 saturated carbocycles. The Morgan fingerprint density at radius 1 is 1.09 bits per heavy atom. The average Bonchev–Trinajstić information content (AvgIpc) is 3.46. The SMILES string of the molecule is Fc1ccc2c(c1)c(N1CCCc3c(CCC4(C(F)(F)F)CC4)cccc31)nc1nncn12. The van der Waals surface area contributed by atoms with E-state index in [1.807, 2.05) is 23.1 Å². The number of aromatic nitrogens is 4. The third kappa shape index (κ3) is 3.24. The number of halogens is 4. The zero-order valence-corrected chi connectivity index (χ0v) is 17.7. The fraction of sp³-hybridized carbons (Fsp3) is 0.375. The van der Waals surface area contributed by atoms with Gasteiger partial charge in [0, 0.05) is 17.6 Å². The van der Waals surface area contributed by atoms with E-state index >= 15 is 0 Å². The fourth-order valence-corrected chi connectivity index (χ4v) is 5.08. The van der Waals surface area contributed by atoms with E-state index in [1.165, 1.54) is 12.1 Å². The highest BCUT2D eigenvalue weighted by Gasteiger charge is 2.62.